The molecular weight excluding hydrogens is 294 g/mol. The Morgan fingerprint density at radius 3 is 2.52 bits per heavy atom. The zero-order valence-electron chi connectivity index (χ0n) is 13.3. The number of hydrogen-bond acceptors (Lipinski definition) is 4. The maximum absolute atomic E-state index is 11.8. The van der Waals surface area contributed by atoms with E-state index in [0.29, 0.717) is 5.69 Å². The van der Waals surface area contributed by atoms with Gasteiger partial charge in [-0.25, -0.2) is 5.43 Å². The molecule has 7 heteroatoms. The Morgan fingerprint density at radius 1 is 1.26 bits per heavy atom. The minimum absolute atomic E-state index is 0.122. The van der Waals surface area contributed by atoms with Crippen LogP contribution in [-0.2, 0) is 16.1 Å². The highest BCUT2D eigenvalue weighted by Crippen LogP contribution is 2.07. The van der Waals surface area contributed by atoms with E-state index in [4.69, 9.17) is 0 Å². The SMILES string of the molecule is CC(=O)Nc1ccc(/C=N\NC(=O)Cn2nc(C)cc2C)cc1. The van der Waals surface area contributed by atoms with Crippen LogP contribution in [0.15, 0.2) is 35.4 Å². The van der Waals surface area contributed by atoms with Crippen molar-refractivity contribution in [2.45, 2.75) is 27.3 Å². The average Bonchev–Trinajstić information content (AvgIpc) is 2.78. The number of carbonyl (C=O) groups is 2. The molecule has 0 unspecified atom stereocenters. The van der Waals surface area contributed by atoms with Crippen LogP contribution in [0.3, 0.4) is 0 Å². The van der Waals surface area contributed by atoms with Crippen molar-refractivity contribution < 1.29 is 9.59 Å². The second-order valence-electron chi connectivity index (χ2n) is 5.18. The molecule has 7 nitrogen and oxygen atoms in total. The predicted molar refractivity (Wildman–Crippen MR) is 88.2 cm³/mol. The van der Waals surface area contributed by atoms with Crippen molar-refractivity contribution in [1.82, 2.24) is 15.2 Å². The largest absolute Gasteiger partial charge is 0.326 e. The molecule has 1 aromatic carbocycles. The molecule has 2 N–H and O–H groups in total. The molecule has 0 spiro atoms. The van der Waals surface area contributed by atoms with Crippen molar-refractivity contribution in [2.75, 3.05) is 5.32 Å². The Hall–Kier alpha value is -2.96. The van der Waals surface area contributed by atoms with Crippen LogP contribution in [0.25, 0.3) is 0 Å². The minimum Gasteiger partial charge on any atom is -0.326 e. The van der Waals surface area contributed by atoms with Crippen molar-refractivity contribution in [3.05, 3.63) is 47.3 Å². The van der Waals surface area contributed by atoms with Crippen molar-refractivity contribution in [3.8, 4) is 0 Å². The molecule has 0 aliphatic heterocycles. The summed E-state index contributed by atoms with van der Waals surface area (Å²) >= 11 is 0. The molecule has 2 aromatic rings. The Kier molecular flexibility index (Phi) is 5.24. The van der Waals surface area contributed by atoms with Crippen LogP contribution in [0.5, 0.6) is 0 Å². The lowest BCUT2D eigenvalue weighted by atomic mass is 10.2. The smallest absolute Gasteiger partial charge is 0.261 e. The summed E-state index contributed by atoms with van der Waals surface area (Å²) in [5, 5.41) is 10.8. The quantitative estimate of drug-likeness (QED) is 0.649. The van der Waals surface area contributed by atoms with E-state index in [1.54, 1.807) is 28.9 Å². The van der Waals surface area contributed by atoms with Gasteiger partial charge in [0.1, 0.15) is 6.54 Å². The van der Waals surface area contributed by atoms with Crippen LogP contribution in [0.1, 0.15) is 23.9 Å². The maximum atomic E-state index is 11.8. The van der Waals surface area contributed by atoms with Gasteiger partial charge in [0.05, 0.1) is 11.9 Å². The van der Waals surface area contributed by atoms with E-state index in [-0.39, 0.29) is 18.4 Å². The summed E-state index contributed by atoms with van der Waals surface area (Å²) < 4.78 is 1.63. The van der Waals surface area contributed by atoms with Gasteiger partial charge < -0.3 is 5.32 Å². The summed E-state index contributed by atoms with van der Waals surface area (Å²) in [5.74, 6) is -0.370. The molecule has 0 aliphatic carbocycles. The van der Waals surface area contributed by atoms with Gasteiger partial charge in [-0.05, 0) is 37.6 Å². The van der Waals surface area contributed by atoms with Crippen LogP contribution in [0, 0.1) is 13.8 Å². The molecular formula is C16H19N5O2. The highest BCUT2D eigenvalue weighted by Gasteiger charge is 2.05. The third kappa shape index (κ3) is 5.06. The van der Waals surface area contributed by atoms with Gasteiger partial charge in [-0.1, -0.05) is 12.1 Å². The van der Waals surface area contributed by atoms with E-state index in [1.165, 1.54) is 13.1 Å². The number of nitrogens with one attached hydrogen (secondary N) is 2. The average molecular weight is 313 g/mol. The number of hydrazone groups is 1. The predicted octanol–water partition coefficient (Wildman–Crippen LogP) is 1.61. The van der Waals surface area contributed by atoms with E-state index >= 15 is 0 Å². The van der Waals surface area contributed by atoms with Crippen LogP contribution < -0.4 is 10.7 Å². The molecule has 0 aliphatic rings. The fourth-order valence-electron chi connectivity index (χ4n) is 2.04. The molecule has 1 heterocycles. The molecule has 1 aromatic heterocycles. The van der Waals surface area contributed by atoms with Crippen molar-refractivity contribution in [2.24, 2.45) is 5.10 Å². The fraction of sp³-hybridized carbons (Fsp3) is 0.250. The lowest BCUT2D eigenvalue weighted by molar-refractivity contribution is -0.121. The first kappa shape index (κ1) is 16.4. The lowest BCUT2D eigenvalue weighted by Gasteiger charge is -2.03. The van der Waals surface area contributed by atoms with Gasteiger partial charge in [0.25, 0.3) is 5.91 Å². The monoisotopic (exact) mass is 313 g/mol. The van der Waals surface area contributed by atoms with E-state index < -0.39 is 0 Å². The summed E-state index contributed by atoms with van der Waals surface area (Å²) in [7, 11) is 0. The first-order valence-corrected chi connectivity index (χ1v) is 7.14. The lowest BCUT2D eigenvalue weighted by Crippen LogP contribution is -2.24. The molecule has 0 radical (unpaired) electrons. The number of anilines is 1. The Bertz CT molecular complexity index is 731. The third-order valence-corrected chi connectivity index (χ3v) is 3.03. The maximum Gasteiger partial charge on any atom is 0.261 e. The Balaban J connectivity index is 1.87. The van der Waals surface area contributed by atoms with Crippen LogP contribution in [-0.4, -0.2) is 27.8 Å². The molecule has 23 heavy (non-hydrogen) atoms. The minimum atomic E-state index is -0.248. The number of aryl methyl sites for hydroxylation is 2. The van der Waals surface area contributed by atoms with Crippen LogP contribution in [0.2, 0.25) is 0 Å². The summed E-state index contributed by atoms with van der Waals surface area (Å²) in [4.78, 5) is 22.7. The van der Waals surface area contributed by atoms with E-state index in [9.17, 15) is 9.59 Å². The Morgan fingerprint density at radius 2 is 1.96 bits per heavy atom. The number of amides is 2. The van der Waals surface area contributed by atoms with Gasteiger partial charge in [0.2, 0.25) is 5.91 Å². The zero-order chi connectivity index (χ0) is 16.8. The van der Waals surface area contributed by atoms with E-state index in [0.717, 1.165) is 17.0 Å². The third-order valence-electron chi connectivity index (χ3n) is 3.03. The van der Waals surface area contributed by atoms with Crippen molar-refractivity contribution in [1.29, 1.82) is 0 Å². The number of hydrogen-bond donors (Lipinski definition) is 2. The number of nitrogens with zero attached hydrogens (tertiary/aromatic N) is 3. The van der Waals surface area contributed by atoms with Crippen LogP contribution >= 0.6 is 0 Å². The second-order valence-corrected chi connectivity index (χ2v) is 5.18. The van der Waals surface area contributed by atoms with Gasteiger partial charge in [-0.15, -0.1) is 0 Å². The number of rotatable bonds is 5. The van der Waals surface area contributed by atoms with Gasteiger partial charge in [-0.2, -0.15) is 10.2 Å². The highest BCUT2D eigenvalue weighted by atomic mass is 16.2. The summed E-state index contributed by atoms with van der Waals surface area (Å²) in [6.45, 7) is 5.35. The fourth-order valence-corrected chi connectivity index (χ4v) is 2.04. The van der Waals surface area contributed by atoms with E-state index in [2.05, 4.69) is 20.9 Å². The molecule has 0 bridgehead atoms. The van der Waals surface area contributed by atoms with Crippen LogP contribution in [0.4, 0.5) is 5.69 Å². The van der Waals surface area contributed by atoms with E-state index in [1.807, 2.05) is 19.9 Å². The zero-order valence-corrected chi connectivity index (χ0v) is 13.3. The highest BCUT2D eigenvalue weighted by molar-refractivity contribution is 5.89. The Labute approximate surface area is 134 Å². The van der Waals surface area contributed by atoms with Gasteiger partial charge >= 0.3 is 0 Å². The van der Waals surface area contributed by atoms with Gasteiger partial charge in [0, 0.05) is 18.3 Å². The number of benzene rings is 1. The second kappa shape index (κ2) is 7.35. The van der Waals surface area contributed by atoms with Gasteiger partial charge in [0.15, 0.2) is 0 Å². The normalized spacial score (nSPS) is 10.7. The summed E-state index contributed by atoms with van der Waals surface area (Å²) in [6, 6.07) is 9.03. The number of aromatic nitrogens is 2. The first-order valence-electron chi connectivity index (χ1n) is 7.14. The molecule has 2 amide bonds. The topological polar surface area (TPSA) is 88.4 Å². The first-order chi connectivity index (χ1) is 10.9. The van der Waals surface area contributed by atoms with Crippen molar-refractivity contribution in [3.63, 3.8) is 0 Å². The number of carbonyl (C=O) groups excluding carboxylic acids is 2. The molecule has 2 rings (SSSR count). The molecule has 0 fully saturated rings. The molecule has 0 atom stereocenters. The van der Waals surface area contributed by atoms with Crippen molar-refractivity contribution >= 4 is 23.7 Å². The standard InChI is InChI=1S/C16H19N5O2/c1-11-8-12(2)21(20-11)10-16(23)19-17-9-14-4-6-15(7-5-14)18-13(3)22/h4-9H,10H2,1-3H3,(H,18,22)(H,19,23)/b17-9-. The van der Waals surface area contributed by atoms with Gasteiger partial charge in [-0.3, -0.25) is 14.3 Å². The summed E-state index contributed by atoms with van der Waals surface area (Å²) in [5.41, 5.74) is 5.78. The molecule has 0 saturated heterocycles. The molecule has 120 valence electrons. The molecule has 0 saturated carbocycles. The summed E-state index contributed by atoms with van der Waals surface area (Å²) in [6.07, 6.45) is 1.54.